The zero-order chi connectivity index (χ0) is 14.7. The molecule has 0 unspecified atom stereocenters. The number of hydrogen-bond donors (Lipinski definition) is 1. The van der Waals surface area contributed by atoms with Crippen LogP contribution >= 0.6 is 0 Å². The van der Waals surface area contributed by atoms with E-state index in [4.69, 9.17) is 9.15 Å². The first-order chi connectivity index (χ1) is 10.2. The van der Waals surface area contributed by atoms with Gasteiger partial charge in [-0.1, -0.05) is 29.8 Å². The van der Waals surface area contributed by atoms with E-state index in [1.807, 2.05) is 0 Å². The smallest absolute Gasteiger partial charge is 0.287 e. The molecule has 110 valence electrons. The average Bonchev–Trinajstić information content (AvgIpc) is 3.03. The van der Waals surface area contributed by atoms with Gasteiger partial charge in [0.1, 0.15) is 6.10 Å². The largest absolute Gasteiger partial charge is 0.459 e. The Balaban J connectivity index is 1.75. The molecule has 4 nitrogen and oxygen atoms in total. The summed E-state index contributed by atoms with van der Waals surface area (Å²) in [5.74, 6) is 0.149. The maximum atomic E-state index is 12.1. The molecule has 0 radical (unpaired) electrons. The van der Waals surface area contributed by atoms with Gasteiger partial charge in [0.15, 0.2) is 5.76 Å². The fourth-order valence-electron chi connectivity index (χ4n) is 2.66. The lowest BCUT2D eigenvalue weighted by atomic mass is 9.95. The Morgan fingerprint density at radius 2 is 2.05 bits per heavy atom. The highest BCUT2D eigenvalue weighted by Gasteiger charge is 2.29. The van der Waals surface area contributed by atoms with Crippen molar-refractivity contribution >= 4 is 5.91 Å². The van der Waals surface area contributed by atoms with Crippen molar-refractivity contribution in [3.63, 3.8) is 0 Å². The van der Waals surface area contributed by atoms with Crippen molar-refractivity contribution in [2.75, 3.05) is 6.61 Å². The summed E-state index contributed by atoms with van der Waals surface area (Å²) >= 11 is 0. The Morgan fingerprint density at radius 1 is 1.24 bits per heavy atom. The van der Waals surface area contributed by atoms with Crippen LogP contribution < -0.4 is 5.32 Å². The van der Waals surface area contributed by atoms with Gasteiger partial charge in [-0.25, -0.2) is 0 Å². The molecule has 1 aromatic carbocycles. The first-order valence-corrected chi connectivity index (χ1v) is 7.26. The van der Waals surface area contributed by atoms with Crippen molar-refractivity contribution in [2.24, 2.45) is 0 Å². The molecule has 3 rings (SSSR count). The van der Waals surface area contributed by atoms with E-state index in [-0.39, 0.29) is 18.1 Å². The van der Waals surface area contributed by atoms with E-state index in [0.29, 0.717) is 5.76 Å². The van der Waals surface area contributed by atoms with Crippen molar-refractivity contribution in [3.05, 3.63) is 59.5 Å². The first-order valence-electron chi connectivity index (χ1n) is 7.26. The number of hydrogen-bond acceptors (Lipinski definition) is 3. The number of nitrogens with one attached hydrogen (secondary N) is 1. The Hall–Kier alpha value is -2.07. The van der Waals surface area contributed by atoms with E-state index in [2.05, 4.69) is 36.5 Å². The van der Waals surface area contributed by atoms with Gasteiger partial charge in [-0.05, 0) is 37.5 Å². The zero-order valence-electron chi connectivity index (χ0n) is 12.0. The van der Waals surface area contributed by atoms with Crippen LogP contribution in [0.2, 0.25) is 0 Å². The standard InChI is InChI=1S/C17H19NO3/c1-12-6-8-13(9-7-12)16-14(4-2-11-21-16)18-17(19)15-5-3-10-20-15/h3,5-10,14,16H,2,4,11H2,1H3,(H,18,19)/t14-,16+/m1/s1. The van der Waals surface area contributed by atoms with E-state index >= 15 is 0 Å². The second-order valence-electron chi connectivity index (χ2n) is 5.40. The van der Waals surface area contributed by atoms with Gasteiger partial charge in [-0.15, -0.1) is 0 Å². The lowest BCUT2D eigenvalue weighted by Gasteiger charge is -2.32. The molecule has 1 aromatic heterocycles. The third-order valence-corrected chi connectivity index (χ3v) is 3.79. The quantitative estimate of drug-likeness (QED) is 0.942. The molecule has 1 fully saturated rings. The van der Waals surface area contributed by atoms with E-state index < -0.39 is 0 Å². The molecule has 0 bridgehead atoms. The summed E-state index contributed by atoms with van der Waals surface area (Å²) in [5.41, 5.74) is 2.32. The number of amides is 1. The Kier molecular flexibility index (Phi) is 4.06. The number of carbonyl (C=O) groups is 1. The highest BCUT2D eigenvalue weighted by Crippen LogP contribution is 2.28. The molecule has 4 heteroatoms. The van der Waals surface area contributed by atoms with Crippen LogP contribution in [0, 0.1) is 6.92 Å². The molecule has 1 aliphatic rings. The molecule has 1 N–H and O–H groups in total. The fraction of sp³-hybridized carbons (Fsp3) is 0.353. The Labute approximate surface area is 124 Å². The van der Waals surface area contributed by atoms with Crippen LogP contribution in [0.5, 0.6) is 0 Å². The summed E-state index contributed by atoms with van der Waals surface area (Å²) in [4.78, 5) is 12.1. The molecule has 0 spiro atoms. The third-order valence-electron chi connectivity index (χ3n) is 3.79. The Bertz CT molecular complexity index is 589. The average molecular weight is 285 g/mol. The normalized spacial score (nSPS) is 22.0. The molecule has 0 aliphatic carbocycles. The number of benzene rings is 1. The molecular formula is C17H19NO3. The fourth-order valence-corrected chi connectivity index (χ4v) is 2.66. The molecule has 1 saturated heterocycles. The van der Waals surface area contributed by atoms with Gasteiger partial charge in [0.25, 0.3) is 5.91 Å². The number of aryl methyl sites for hydroxylation is 1. The molecule has 2 aromatic rings. The second-order valence-corrected chi connectivity index (χ2v) is 5.40. The van der Waals surface area contributed by atoms with E-state index in [0.717, 1.165) is 25.0 Å². The second kappa shape index (κ2) is 6.14. The lowest BCUT2D eigenvalue weighted by molar-refractivity contribution is -0.00973. The van der Waals surface area contributed by atoms with Crippen LogP contribution in [0.15, 0.2) is 47.1 Å². The molecule has 1 aliphatic heterocycles. The van der Waals surface area contributed by atoms with Crippen molar-refractivity contribution in [2.45, 2.75) is 31.9 Å². The summed E-state index contributed by atoms with van der Waals surface area (Å²) in [5, 5.41) is 3.03. The van der Waals surface area contributed by atoms with Gasteiger partial charge < -0.3 is 14.5 Å². The molecule has 0 saturated carbocycles. The highest BCUT2D eigenvalue weighted by molar-refractivity contribution is 5.91. The highest BCUT2D eigenvalue weighted by atomic mass is 16.5. The number of furan rings is 1. The maximum absolute atomic E-state index is 12.1. The van der Waals surface area contributed by atoms with Crippen LogP contribution in [-0.2, 0) is 4.74 Å². The first kappa shape index (κ1) is 13.9. The van der Waals surface area contributed by atoms with Gasteiger partial charge in [0.2, 0.25) is 0 Å². The maximum Gasteiger partial charge on any atom is 0.287 e. The van der Waals surface area contributed by atoms with Gasteiger partial charge in [0, 0.05) is 6.61 Å². The summed E-state index contributed by atoms with van der Waals surface area (Å²) < 4.78 is 11.0. The number of ether oxygens (including phenoxy) is 1. The number of rotatable bonds is 3. The lowest BCUT2D eigenvalue weighted by Crippen LogP contribution is -2.42. The van der Waals surface area contributed by atoms with Crippen LogP contribution in [0.1, 0.15) is 40.6 Å². The van der Waals surface area contributed by atoms with Crippen molar-refractivity contribution < 1.29 is 13.9 Å². The van der Waals surface area contributed by atoms with E-state index in [1.165, 1.54) is 11.8 Å². The summed E-state index contributed by atoms with van der Waals surface area (Å²) in [6.07, 6.45) is 3.26. The summed E-state index contributed by atoms with van der Waals surface area (Å²) in [6.45, 7) is 2.79. The van der Waals surface area contributed by atoms with Crippen LogP contribution in [0.3, 0.4) is 0 Å². The topological polar surface area (TPSA) is 51.5 Å². The molecule has 21 heavy (non-hydrogen) atoms. The monoisotopic (exact) mass is 285 g/mol. The van der Waals surface area contributed by atoms with Crippen molar-refractivity contribution in [3.8, 4) is 0 Å². The van der Waals surface area contributed by atoms with Crippen LogP contribution in [0.25, 0.3) is 0 Å². The number of carbonyl (C=O) groups excluding carboxylic acids is 1. The SMILES string of the molecule is Cc1ccc([C@@H]2OCCC[C@H]2NC(=O)c2ccco2)cc1. The van der Waals surface area contributed by atoms with E-state index in [9.17, 15) is 4.79 Å². The molecule has 2 heterocycles. The third kappa shape index (κ3) is 3.16. The minimum atomic E-state index is -0.187. The predicted molar refractivity (Wildman–Crippen MR) is 79.1 cm³/mol. The van der Waals surface area contributed by atoms with Gasteiger partial charge in [0.05, 0.1) is 12.3 Å². The van der Waals surface area contributed by atoms with Gasteiger partial charge in [-0.2, -0.15) is 0 Å². The minimum absolute atomic E-state index is 0.0287. The summed E-state index contributed by atoms with van der Waals surface area (Å²) in [7, 11) is 0. The van der Waals surface area contributed by atoms with Crippen LogP contribution in [0.4, 0.5) is 0 Å². The van der Waals surface area contributed by atoms with Crippen molar-refractivity contribution in [1.29, 1.82) is 0 Å². The zero-order valence-corrected chi connectivity index (χ0v) is 12.0. The summed E-state index contributed by atoms with van der Waals surface area (Å²) in [6, 6.07) is 11.6. The van der Waals surface area contributed by atoms with Crippen LogP contribution in [-0.4, -0.2) is 18.6 Å². The van der Waals surface area contributed by atoms with E-state index in [1.54, 1.807) is 12.1 Å². The van der Waals surface area contributed by atoms with Crippen molar-refractivity contribution in [1.82, 2.24) is 5.32 Å². The predicted octanol–water partition coefficient (Wildman–Crippen LogP) is 3.24. The molecular weight excluding hydrogens is 266 g/mol. The van der Waals surface area contributed by atoms with Gasteiger partial charge >= 0.3 is 0 Å². The minimum Gasteiger partial charge on any atom is -0.459 e. The molecule has 2 atom stereocenters. The Morgan fingerprint density at radius 3 is 2.76 bits per heavy atom. The molecule has 1 amide bonds. The van der Waals surface area contributed by atoms with Gasteiger partial charge in [-0.3, -0.25) is 4.79 Å².